The Labute approximate surface area is 143 Å². The number of hydrogen-bond acceptors (Lipinski definition) is 7. The monoisotopic (exact) mass is 342 g/mol. The second kappa shape index (κ2) is 6.11. The van der Waals surface area contributed by atoms with Crippen LogP contribution in [0.1, 0.15) is 18.7 Å². The van der Waals surface area contributed by atoms with Gasteiger partial charge in [0.05, 0.1) is 0 Å². The highest BCUT2D eigenvalue weighted by Gasteiger charge is 2.28. The Morgan fingerprint density at radius 2 is 1.96 bits per heavy atom. The van der Waals surface area contributed by atoms with E-state index in [4.69, 9.17) is 0 Å². The molecule has 0 bridgehead atoms. The quantitative estimate of drug-likeness (QED) is 0.777. The smallest absolute Gasteiger partial charge is 0.270 e. The number of hydrazone groups is 1. The molecule has 25 heavy (non-hydrogen) atoms. The molecule has 1 saturated heterocycles. The van der Waals surface area contributed by atoms with Gasteiger partial charge < -0.3 is 9.80 Å². The highest BCUT2D eigenvalue weighted by atomic mass is 16.2. The first kappa shape index (κ1) is 15.5. The van der Waals surface area contributed by atoms with E-state index in [1.165, 1.54) is 0 Å². The molecular formula is C15H18N8O2. The van der Waals surface area contributed by atoms with Gasteiger partial charge in [0.1, 0.15) is 11.5 Å². The van der Waals surface area contributed by atoms with Crippen molar-refractivity contribution in [3.63, 3.8) is 0 Å². The van der Waals surface area contributed by atoms with Crippen LogP contribution in [0.25, 0.3) is 5.65 Å². The fourth-order valence-electron chi connectivity index (χ4n) is 3.08. The molecule has 0 saturated carbocycles. The van der Waals surface area contributed by atoms with Crippen LogP contribution in [0.4, 0.5) is 5.82 Å². The number of amides is 2. The molecule has 130 valence electrons. The number of anilines is 1. The van der Waals surface area contributed by atoms with Gasteiger partial charge in [0.25, 0.3) is 5.91 Å². The van der Waals surface area contributed by atoms with E-state index < -0.39 is 0 Å². The van der Waals surface area contributed by atoms with Crippen molar-refractivity contribution in [2.45, 2.75) is 19.8 Å². The minimum atomic E-state index is -0.149. The van der Waals surface area contributed by atoms with Crippen LogP contribution < -0.4 is 10.3 Å². The number of nitrogens with zero attached hydrogens (tertiary/aromatic N) is 7. The number of piperazine rings is 1. The van der Waals surface area contributed by atoms with Gasteiger partial charge in [-0.2, -0.15) is 5.10 Å². The molecule has 4 heterocycles. The average Bonchev–Trinajstić information content (AvgIpc) is 3.03. The van der Waals surface area contributed by atoms with E-state index in [1.54, 1.807) is 11.1 Å². The van der Waals surface area contributed by atoms with Gasteiger partial charge in [-0.1, -0.05) is 0 Å². The van der Waals surface area contributed by atoms with Gasteiger partial charge >= 0.3 is 0 Å². The first-order valence-corrected chi connectivity index (χ1v) is 8.19. The van der Waals surface area contributed by atoms with E-state index >= 15 is 0 Å². The maximum absolute atomic E-state index is 12.5. The maximum Gasteiger partial charge on any atom is 0.270 e. The van der Waals surface area contributed by atoms with Gasteiger partial charge in [0.2, 0.25) is 11.6 Å². The first-order chi connectivity index (χ1) is 12.1. The number of aromatic nitrogens is 4. The summed E-state index contributed by atoms with van der Waals surface area (Å²) < 4.78 is 1.90. The zero-order chi connectivity index (χ0) is 17.4. The van der Waals surface area contributed by atoms with Crippen molar-refractivity contribution in [2.75, 3.05) is 31.1 Å². The molecule has 0 spiro atoms. The van der Waals surface area contributed by atoms with Crippen molar-refractivity contribution in [3.05, 3.63) is 18.2 Å². The molecule has 2 aliphatic rings. The molecule has 0 aromatic carbocycles. The van der Waals surface area contributed by atoms with Gasteiger partial charge in [0, 0.05) is 51.4 Å². The number of hydrogen-bond donors (Lipinski definition) is 1. The largest absolute Gasteiger partial charge is 0.350 e. The third-order valence-electron chi connectivity index (χ3n) is 4.50. The van der Waals surface area contributed by atoms with Crippen LogP contribution in [-0.4, -0.2) is 68.2 Å². The zero-order valence-electron chi connectivity index (χ0n) is 13.8. The molecule has 2 amide bonds. The zero-order valence-corrected chi connectivity index (χ0v) is 13.8. The molecule has 0 aliphatic carbocycles. The van der Waals surface area contributed by atoms with Crippen molar-refractivity contribution in [3.8, 4) is 0 Å². The summed E-state index contributed by atoms with van der Waals surface area (Å²) in [6, 6.07) is 0. The van der Waals surface area contributed by atoms with Crippen LogP contribution >= 0.6 is 0 Å². The lowest BCUT2D eigenvalue weighted by Crippen LogP contribution is -2.51. The summed E-state index contributed by atoms with van der Waals surface area (Å²) in [6.45, 7) is 4.35. The number of fused-ring (bicyclic) bond motifs is 1. The molecule has 1 N–H and O–H groups in total. The molecule has 1 fully saturated rings. The van der Waals surface area contributed by atoms with Crippen LogP contribution in [0.2, 0.25) is 0 Å². The number of carbonyl (C=O) groups excluding carboxylic acids is 2. The summed E-state index contributed by atoms with van der Waals surface area (Å²) in [4.78, 5) is 32.0. The van der Waals surface area contributed by atoms with E-state index in [0.29, 0.717) is 44.7 Å². The normalized spacial score (nSPS) is 18.3. The summed E-state index contributed by atoms with van der Waals surface area (Å²) in [5, 5.41) is 12.2. The van der Waals surface area contributed by atoms with Crippen LogP contribution in [0.15, 0.2) is 17.5 Å². The van der Waals surface area contributed by atoms with Gasteiger partial charge in [-0.15, -0.1) is 10.2 Å². The molecule has 2 aromatic heterocycles. The van der Waals surface area contributed by atoms with E-state index in [-0.39, 0.29) is 11.8 Å². The number of nitrogens with one attached hydrogen (secondary N) is 1. The molecule has 0 unspecified atom stereocenters. The number of rotatable bonds is 2. The van der Waals surface area contributed by atoms with Crippen LogP contribution in [0, 0.1) is 6.92 Å². The van der Waals surface area contributed by atoms with Gasteiger partial charge in [-0.05, 0) is 6.92 Å². The predicted molar refractivity (Wildman–Crippen MR) is 89.1 cm³/mol. The third kappa shape index (κ3) is 2.79. The highest BCUT2D eigenvalue weighted by molar-refractivity contribution is 6.39. The summed E-state index contributed by atoms with van der Waals surface area (Å²) in [5.41, 5.74) is 3.51. The lowest BCUT2D eigenvalue weighted by atomic mass is 10.1. The van der Waals surface area contributed by atoms with Crippen molar-refractivity contribution >= 4 is 29.0 Å². The van der Waals surface area contributed by atoms with Gasteiger partial charge in [-0.25, -0.2) is 10.4 Å². The number of carbonyl (C=O) groups is 2. The summed E-state index contributed by atoms with van der Waals surface area (Å²) in [6.07, 6.45) is 4.27. The Balaban J connectivity index is 1.46. The van der Waals surface area contributed by atoms with E-state index in [0.717, 1.165) is 17.3 Å². The summed E-state index contributed by atoms with van der Waals surface area (Å²) >= 11 is 0. The molecule has 10 nitrogen and oxygen atoms in total. The van der Waals surface area contributed by atoms with Crippen molar-refractivity contribution in [2.24, 2.45) is 5.10 Å². The summed E-state index contributed by atoms with van der Waals surface area (Å²) in [5.74, 6) is 1.33. The molecule has 2 aliphatic heterocycles. The van der Waals surface area contributed by atoms with Crippen molar-refractivity contribution < 1.29 is 9.59 Å². The fraction of sp³-hybridized carbons (Fsp3) is 0.467. The number of aryl methyl sites for hydroxylation is 1. The van der Waals surface area contributed by atoms with Crippen LogP contribution in [-0.2, 0) is 9.59 Å². The molecule has 0 radical (unpaired) electrons. The second-order valence-electron chi connectivity index (χ2n) is 6.06. The topological polar surface area (TPSA) is 108 Å². The Morgan fingerprint density at radius 1 is 1.16 bits per heavy atom. The van der Waals surface area contributed by atoms with Crippen molar-refractivity contribution in [1.82, 2.24) is 29.9 Å². The summed E-state index contributed by atoms with van der Waals surface area (Å²) in [7, 11) is 0. The maximum atomic E-state index is 12.5. The average molecular weight is 342 g/mol. The highest BCUT2D eigenvalue weighted by Crippen LogP contribution is 2.19. The van der Waals surface area contributed by atoms with E-state index in [2.05, 4.69) is 30.6 Å². The Morgan fingerprint density at radius 3 is 2.68 bits per heavy atom. The van der Waals surface area contributed by atoms with Gasteiger partial charge in [0.15, 0.2) is 5.82 Å². The standard InChI is InChI=1S/C15H18N8O2/c1-10-17-20-14-13(16-4-5-23(10)14)21-6-8-22(9-7-21)15(25)11-2-3-12(24)19-18-11/h4-5H,2-3,6-9H2,1H3,(H,19,24). The Hall–Kier alpha value is -3.04. The van der Waals surface area contributed by atoms with E-state index in [9.17, 15) is 9.59 Å². The third-order valence-corrected chi connectivity index (χ3v) is 4.50. The molecule has 10 heteroatoms. The molecule has 2 aromatic rings. The lowest BCUT2D eigenvalue weighted by molar-refractivity contribution is -0.124. The van der Waals surface area contributed by atoms with Crippen LogP contribution in [0.5, 0.6) is 0 Å². The first-order valence-electron chi connectivity index (χ1n) is 8.19. The van der Waals surface area contributed by atoms with Crippen LogP contribution in [0.3, 0.4) is 0 Å². The molecule has 0 atom stereocenters. The minimum Gasteiger partial charge on any atom is -0.350 e. The lowest BCUT2D eigenvalue weighted by Gasteiger charge is -2.35. The predicted octanol–water partition coefficient (Wildman–Crippen LogP) is -0.653. The van der Waals surface area contributed by atoms with E-state index in [1.807, 2.05) is 17.5 Å². The fourth-order valence-corrected chi connectivity index (χ4v) is 3.08. The van der Waals surface area contributed by atoms with Gasteiger partial charge in [-0.3, -0.25) is 14.0 Å². The van der Waals surface area contributed by atoms with Crippen molar-refractivity contribution in [1.29, 1.82) is 0 Å². The second-order valence-corrected chi connectivity index (χ2v) is 6.06. The SMILES string of the molecule is Cc1nnc2c(N3CCN(C(=O)C4=NNC(=O)CC4)CC3)nccn12. The molecule has 4 rings (SSSR count). The minimum absolute atomic E-state index is 0.107. The Bertz CT molecular complexity index is 866. The Kier molecular flexibility index (Phi) is 3.79. The molecular weight excluding hydrogens is 324 g/mol.